The Hall–Kier alpha value is -1.79. The van der Waals surface area contributed by atoms with Crippen LogP contribution >= 0.6 is 0 Å². The molecule has 150 valence electrons. The van der Waals surface area contributed by atoms with Crippen LogP contribution in [0.2, 0.25) is 0 Å². The van der Waals surface area contributed by atoms with Gasteiger partial charge in [0.25, 0.3) is 0 Å². The van der Waals surface area contributed by atoms with Gasteiger partial charge >= 0.3 is 6.03 Å². The van der Waals surface area contributed by atoms with Crippen molar-refractivity contribution in [2.24, 2.45) is 5.92 Å². The second kappa shape index (κ2) is 9.95. The highest BCUT2D eigenvalue weighted by Crippen LogP contribution is 2.16. The number of ether oxygens (including phenoxy) is 1. The Morgan fingerprint density at radius 3 is 2.33 bits per heavy atom. The van der Waals surface area contributed by atoms with E-state index in [4.69, 9.17) is 4.74 Å². The van der Waals surface area contributed by atoms with Crippen LogP contribution < -0.4 is 10.2 Å². The van der Waals surface area contributed by atoms with Crippen LogP contribution in [0.4, 0.5) is 10.5 Å². The van der Waals surface area contributed by atoms with Crippen LogP contribution in [0.3, 0.4) is 0 Å². The van der Waals surface area contributed by atoms with Gasteiger partial charge in [-0.3, -0.25) is 4.90 Å². The molecule has 3 rings (SSSR count). The van der Waals surface area contributed by atoms with Gasteiger partial charge in [0.15, 0.2) is 0 Å². The van der Waals surface area contributed by atoms with Crippen LogP contribution in [-0.4, -0.2) is 80.9 Å². The number of hydrogen-bond donors (Lipinski definition) is 1. The monoisotopic (exact) mass is 374 g/mol. The Kier molecular flexibility index (Phi) is 7.35. The van der Waals surface area contributed by atoms with E-state index >= 15 is 0 Å². The molecule has 6 heteroatoms. The molecule has 1 N–H and O–H groups in total. The van der Waals surface area contributed by atoms with E-state index in [2.05, 4.69) is 53.2 Å². The van der Waals surface area contributed by atoms with Crippen LogP contribution in [0, 0.1) is 5.92 Å². The molecule has 2 amide bonds. The van der Waals surface area contributed by atoms with Gasteiger partial charge in [-0.05, 0) is 24.5 Å². The van der Waals surface area contributed by atoms with Gasteiger partial charge in [0.2, 0.25) is 0 Å². The molecular weight excluding hydrogens is 340 g/mol. The number of carbonyl (C=O) groups is 1. The molecular formula is C21H34N4O2. The van der Waals surface area contributed by atoms with Crippen molar-refractivity contribution < 1.29 is 9.53 Å². The molecule has 6 nitrogen and oxygen atoms in total. The van der Waals surface area contributed by atoms with Crippen LogP contribution in [0.25, 0.3) is 0 Å². The second-order valence-electron chi connectivity index (χ2n) is 7.93. The molecule has 2 fully saturated rings. The first-order valence-corrected chi connectivity index (χ1v) is 10.3. The summed E-state index contributed by atoms with van der Waals surface area (Å²) in [5.41, 5.74) is 1.24. The molecule has 2 aliphatic rings. The summed E-state index contributed by atoms with van der Waals surface area (Å²) in [5.74, 6) is 0.615. The molecule has 0 bridgehead atoms. The SMILES string of the molecule is CC(C)CC(CNC(=O)N1CCN(c2ccccc2)CC1)N1CCOCC1. The number of rotatable bonds is 6. The smallest absolute Gasteiger partial charge is 0.317 e. The average Bonchev–Trinajstić information content (AvgIpc) is 2.72. The van der Waals surface area contributed by atoms with Gasteiger partial charge in [0.1, 0.15) is 0 Å². The molecule has 2 saturated heterocycles. The zero-order chi connectivity index (χ0) is 19.1. The first-order valence-electron chi connectivity index (χ1n) is 10.3. The van der Waals surface area contributed by atoms with Crippen molar-refractivity contribution in [3.8, 4) is 0 Å². The lowest BCUT2D eigenvalue weighted by atomic mass is 10.0. The predicted molar refractivity (Wildman–Crippen MR) is 109 cm³/mol. The third kappa shape index (κ3) is 5.84. The number of urea groups is 1. The molecule has 2 aliphatic heterocycles. The maximum absolute atomic E-state index is 12.7. The van der Waals surface area contributed by atoms with E-state index in [0.29, 0.717) is 12.0 Å². The summed E-state index contributed by atoms with van der Waals surface area (Å²) in [6.45, 7) is 12.0. The van der Waals surface area contributed by atoms with E-state index in [1.807, 2.05) is 11.0 Å². The zero-order valence-electron chi connectivity index (χ0n) is 16.8. The van der Waals surface area contributed by atoms with Gasteiger partial charge in [-0.1, -0.05) is 32.0 Å². The third-order valence-electron chi connectivity index (χ3n) is 5.48. The molecule has 1 aromatic carbocycles. The number of hydrogen-bond acceptors (Lipinski definition) is 4. The molecule has 1 unspecified atom stereocenters. The van der Waals surface area contributed by atoms with Crippen molar-refractivity contribution in [1.29, 1.82) is 0 Å². The van der Waals surface area contributed by atoms with E-state index in [1.54, 1.807) is 0 Å². The summed E-state index contributed by atoms with van der Waals surface area (Å²) in [4.78, 5) is 19.4. The molecule has 0 aromatic heterocycles. The van der Waals surface area contributed by atoms with E-state index in [1.165, 1.54) is 5.69 Å². The summed E-state index contributed by atoms with van der Waals surface area (Å²) in [7, 11) is 0. The third-order valence-corrected chi connectivity index (χ3v) is 5.48. The number of carbonyl (C=O) groups excluding carboxylic acids is 1. The minimum absolute atomic E-state index is 0.0738. The summed E-state index contributed by atoms with van der Waals surface area (Å²) in [5, 5.41) is 3.20. The van der Waals surface area contributed by atoms with Crippen molar-refractivity contribution >= 4 is 11.7 Å². The maximum atomic E-state index is 12.7. The fraction of sp³-hybridized carbons (Fsp3) is 0.667. The van der Waals surface area contributed by atoms with E-state index < -0.39 is 0 Å². The standard InChI is InChI=1S/C21H34N4O2/c1-18(2)16-20(24-12-14-27-15-13-24)17-22-21(26)25-10-8-23(9-11-25)19-6-4-3-5-7-19/h3-7,18,20H,8-17H2,1-2H3,(H,22,26). The lowest BCUT2D eigenvalue weighted by Gasteiger charge is -2.38. The average molecular weight is 375 g/mol. The lowest BCUT2D eigenvalue weighted by molar-refractivity contribution is 0.0127. The molecule has 1 aromatic rings. The van der Waals surface area contributed by atoms with Crippen LogP contribution in [-0.2, 0) is 4.74 Å². The summed E-state index contributed by atoms with van der Waals surface area (Å²) in [6, 6.07) is 10.9. The number of nitrogens with zero attached hydrogens (tertiary/aromatic N) is 3. The van der Waals surface area contributed by atoms with Gasteiger partial charge in [0.05, 0.1) is 13.2 Å². The molecule has 0 spiro atoms. The van der Waals surface area contributed by atoms with Crippen molar-refractivity contribution in [2.75, 3.05) is 63.9 Å². The minimum atomic E-state index is 0.0738. The van der Waals surface area contributed by atoms with Gasteiger partial charge in [-0.15, -0.1) is 0 Å². The highest BCUT2D eigenvalue weighted by Gasteiger charge is 2.25. The number of piperazine rings is 1. The number of amides is 2. The first-order chi connectivity index (χ1) is 13.1. The largest absolute Gasteiger partial charge is 0.379 e. The van der Waals surface area contributed by atoms with Crippen molar-refractivity contribution in [2.45, 2.75) is 26.3 Å². The lowest BCUT2D eigenvalue weighted by Crippen LogP contribution is -2.55. The van der Waals surface area contributed by atoms with Crippen molar-refractivity contribution in [3.63, 3.8) is 0 Å². The Morgan fingerprint density at radius 1 is 1.04 bits per heavy atom. The first kappa shape index (κ1) is 20.0. The van der Waals surface area contributed by atoms with Gasteiger partial charge in [-0.2, -0.15) is 0 Å². The van der Waals surface area contributed by atoms with Crippen LogP contribution in [0.1, 0.15) is 20.3 Å². The molecule has 27 heavy (non-hydrogen) atoms. The van der Waals surface area contributed by atoms with E-state index in [9.17, 15) is 4.79 Å². The quantitative estimate of drug-likeness (QED) is 0.830. The fourth-order valence-electron chi connectivity index (χ4n) is 3.97. The van der Waals surface area contributed by atoms with Gasteiger partial charge in [-0.25, -0.2) is 4.79 Å². The summed E-state index contributed by atoms with van der Waals surface area (Å²) in [6.07, 6.45) is 1.10. The van der Waals surface area contributed by atoms with Crippen molar-refractivity contribution in [1.82, 2.24) is 15.1 Å². The number of morpholine rings is 1. The Labute approximate surface area is 163 Å². The number of para-hydroxylation sites is 1. The second-order valence-corrected chi connectivity index (χ2v) is 7.93. The van der Waals surface area contributed by atoms with Crippen molar-refractivity contribution in [3.05, 3.63) is 30.3 Å². The number of benzene rings is 1. The Bertz CT molecular complexity index is 567. The zero-order valence-corrected chi connectivity index (χ0v) is 16.8. The van der Waals surface area contributed by atoms with Crippen LogP contribution in [0.15, 0.2) is 30.3 Å². The maximum Gasteiger partial charge on any atom is 0.317 e. The minimum Gasteiger partial charge on any atom is -0.379 e. The summed E-state index contributed by atoms with van der Waals surface area (Å²) >= 11 is 0. The topological polar surface area (TPSA) is 48.1 Å². The Morgan fingerprint density at radius 2 is 1.70 bits per heavy atom. The fourth-order valence-corrected chi connectivity index (χ4v) is 3.97. The van der Waals surface area contributed by atoms with Crippen LogP contribution in [0.5, 0.6) is 0 Å². The van der Waals surface area contributed by atoms with E-state index in [0.717, 1.165) is 65.4 Å². The van der Waals surface area contributed by atoms with Gasteiger partial charge < -0.3 is 19.9 Å². The molecule has 0 aliphatic carbocycles. The number of anilines is 1. The van der Waals surface area contributed by atoms with E-state index in [-0.39, 0.29) is 6.03 Å². The molecule has 0 radical (unpaired) electrons. The number of nitrogens with one attached hydrogen (secondary N) is 1. The normalized spacial score (nSPS) is 20.0. The molecule has 1 atom stereocenters. The Balaban J connectivity index is 1.46. The molecule has 0 saturated carbocycles. The summed E-state index contributed by atoms with van der Waals surface area (Å²) < 4.78 is 5.48. The highest BCUT2D eigenvalue weighted by molar-refractivity contribution is 5.74. The van der Waals surface area contributed by atoms with Gasteiger partial charge in [0, 0.05) is 57.5 Å². The predicted octanol–water partition coefficient (Wildman–Crippen LogP) is 2.27. The molecule has 2 heterocycles. The highest BCUT2D eigenvalue weighted by atomic mass is 16.5.